The molecule has 1 aliphatic rings. The molecule has 0 bridgehead atoms. The number of rotatable bonds is 5. The van der Waals surface area contributed by atoms with Gasteiger partial charge in [0, 0.05) is 18.7 Å². The van der Waals surface area contributed by atoms with E-state index in [2.05, 4.69) is 15.5 Å². The van der Waals surface area contributed by atoms with Gasteiger partial charge in [0.15, 0.2) is 0 Å². The second-order valence-electron chi connectivity index (χ2n) is 6.18. The third kappa shape index (κ3) is 3.43. The smallest absolute Gasteiger partial charge is 0.257 e. The summed E-state index contributed by atoms with van der Waals surface area (Å²) in [5.74, 6) is 1.50. The third-order valence-electron chi connectivity index (χ3n) is 4.64. The number of H-pyrrole nitrogens is 1. The van der Waals surface area contributed by atoms with Gasteiger partial charge in [-0.1, -0.05) is 0 Å². The van der Waals surface area contributed by atoms with Gasteiger partial charge in [0.25, 0.3) is 5.91 Å². The molecule has 2 N–H and O–H groups in total. The van der Waals surface area contributed by atoms with Crippen LogP contribution in [-0.4, -0.2) is 54.8 Å². The van der Waals surface area contributed by atoms with E-state index in [1.807, 2.05) is 36.2 Å². The number of methoxy groups -OCH3 is 1. The molecule has 1 amide bonds. The Morgan fingerprint density at radius 3 is 2.67 bits per heavy atom. The van der Waals surface area contributed by atoms with Gasteiger partial charge in [-0.15, -0.1) is 0 Å². The summed E-state index contributed by atoms with van der Waals surface area (Å²) >= 11 is 0. The highest BCUT2D eigenvalue weighted by atomic mass is 16.5. The molecule has 128 valence electrons. The highest BCUT2D eigenvalue weighted by molar-refractivity contribution is 5.99. The van der Waals surface area contributed by atoms with Crippen molar-refractivity contribution in [3.05, 3.63) is 36.0 Å². The zero-order valence-corrected chi connectivity index (χ0v) is 14.2. The summed E-state index contributed by atoms with van der Waals surface area (Å²) in [5.41, 5.74) is 2.33. The molecule has 0 radical (unpaired) electrons. The van der Waals surface area contributed by atoms with Gasteiger partial charge in [-0.3, -0.25) is 9.89 Å². The second kappa shape index (κ2) is 7.49. The fourth-order valence-electron chi connectivity index (χ4n) is 3.23. The number of carbonyl (C=O) groups is 1. The van der Waals surface area contributed by atoms with Crippen LogP contribution >= 0.6 is 0 Å². The molecule has 1 aromatic heterocycles. The van der Waals surface area contributed by atoms with Crippen LogP contribution in [0.4, 0.5) is 0 Å². The highest BCUT2D eigenvalue weighted by Crippen LogP contribution is 2.26. The van der Waals surface area contributed by atoms with Crippen molar-refractivity contribution in [1.82, 2.24) is 20.4 Å². The number of benzene rings is 1. The third-order valence-corrected chi connectivity index (χ3v) is 4.64. The monoisotopic (exact) mass is 328 g/mol. The zero-order chi connectivity index (χ0) is 16.9. The van der Waals surface area contributed by atoms with E-state index in [4.69, 9.17) is 4.74 Å². The number of aromatic nitrogens is 2. The molecule has 1 aliphatic heterocycles. The molecule has 3 rings (SSSR count). The van der Waals surface area contributed by atoms with Gasteiger partial charge in [0.2, 0.25) is 0 Å². The molecule has 1 aromatic carbocycles. The zero-order valence-electron chi connectivity index (χ0n) is 14.2. The number of amides is 1. The van der Waals surface area contributed by atoms with Gasteiger partial charge in [-0.25, -0.2) is 0 Å². The Balaban J connectivity index is 1.73. The largest absolute Gasteiger partial charge is 0.497 e. The lowest BCUT2D eigenvalue weighted by Crippen LogP contribution is -2.40. The van der Waals surface area contributed by atoms with Gasteiger partial charge in [0.1, 0.15) is 5.75 Å². The Bertz CT molecular complexity index is 673. The number of piperidine rings is 1. The van der Waals surface area contributed by atoms with Crippen molar-refractivity contribution in [2.24, 2.45) is 5.92 Å². The van der Waals surface area contributed by atoms with E-state index >= 15 is 0 Å². The van der Waals surface area contributed by atoms with Gasteiger partial charge in [-0.05, 0) is 56.6 Å². The molecular formula is C18H24N4O2. The average Bonchev–Trinajstić information content (AvgIpc) is 3.12. The predicted octanol–water partition coefficient (Wildman–Crippen LogP) is 2.16. The number of nitrogens with one attached hydrogen (secondary N) is 2. The van der Waals surface area contributed by atoms with Crippen LogP contribution in [0.2, 0.25) is 0 Å². The van der Waals surface area contributed by atoms with Crippen LogP contribution in [0, 0.1) is 5.92 Å². The first-order valence-electron chi connectivity index (χ1n) is 8.34. The topological polar surface area (TPSA) is 70.2 Å². The van der Waals surface area contributed by atoms with Gasteiger partial charge >= 0.3 is 0 Å². The molecule has 0 spiro atoms. The molecule has 0 saturated carbocycles. The first-order valence-corrected chi connectivity index (χ1v) is 8.34. The van der Waals surface area contributed by atoms with Crippen molar-refractivity contribution in [2.45, 2.75) is 12.8 Å². The van der Waals surface area contributed by atoms with E-state index in [9.17, 15) is 4.79 Å². The fraction of sp³-hybridized carbons (Fsp3) is 0.444. The van der Waals surface area contributed by atoms with Crippen LogP contribution in [-0.2, 0) is 0 Å². The van der Waals surface area contributed by atoms with Crippen LogP contribution < -0.4 is 10.1 Å². The van der Waals surface area contributed by atoms with E-state index in [0.29, 0.717) is 11.5 Å². The molecule has 1 fully saturated rings. The summed E-state index contributed by atoms with van der Waals surface area (Å²) in [6.45, 7) is 2.63. The lowest BCUT2D eigenvalue weighted by molar-refractivity contribution is 0.0692. The van der Waals surface area contributed by atoms with Crippen molar-refractivity contribution in [3.8, 4) is 17.0 Å². The van der Waals surface area contributed by atoms with E-state index < -0.39 is 0 Å². The van der Waals surface area contributed by atoms with Gasteiger partial charge < -0.3 is 15.0 Å². The number of aromatic amines is 1. The van der Waals surface area contributed by atoms with Gasteiger partial charge in [-0.2, -0.15) is 5.10 Å². The minimum absolute atomic E-state index is 0.0532. The standard InChI is InChI=1S/C18H24N4O2/c1-19-11-13-7-9-22(10-8-13)18(23)16-12-20-21-17(16)14-3-5-15(24-2)6-4-14/h3-6,12-13,19H,7-11H2,1-2H3,(H,20,21). The second-order valence-corrected chi connectivity index (χ2v) is 6.18. The maximum absolute atomic E-state index is 12.9. The van der Waals surface area contributed by atoms with Crippen molar-refractivity contribution < 1.29 is 9.53 Å². The lowest BCUT2D eigenvalue weighted by atomic mass is 9.96. The van der Waals surface area contributed by atoms with E-state index in [1.165, 1.54) is 0 Å². The fourth-order valence-corrected chi connectivity index (χ4v) is 3.23. The highest BCUT2D eigenvalue weighted by Gasteiger charge is 2.26. The molecule has 0 atom stereocenters. The molecule has 0 aliphatic carbocycles. The Labute approximate surface area is 142 Å². The maximum Gasteiger partial charge on any atom is 0.257 e. The van der Waals surface area contributed by atoms with Crippen molar-refractivity contribution in [1.29, 1.82) is 0 Å². The van der Waals surface area contributed by atoms with Gasteiger partial charge in [0.05, 0.1) is 24.6 Å². The Morgan fingerprint density at radius 1 is 1.33 bits per heavy atom. The number of likely N-dealkylation sites (tertiary alicyclic amines) is 1. The van der Waals surface area contributed by atoms with Crippen LogP contribution in [0.3, 0.4) is 0 Å². The summed E-state index contributed by atoms with van der Waals surface area (Å²) in [7, 11) is 3.61. The average molecular weight is 328 g/mol. The molecule has 2 heterocycles. The van der Waals surface area contributed by atoms with E-state index in [0.717, 1.165) is 49.5 Å². The minimum Gasteiger partial charge on any atom is -0.497 e. The molecule has 0 unspecified atom stereocenters. The quantitative estimate of drug-likeness (QED) is 0.882. The normalized spacial score (nSPS) is 15.5. The van der Waals surface area contributed by atoms with Crippen LogP contribution in [0.15, 0.2) is 30.5 Å². The van der Waals surface area contributed by atoms with Crippen LogP contribution in [0.5, 0.6) is 5.75 Å². The number of ether oxygens (including phenoxy) is 1. The predicted molar refractivity (Wildman–Crippen MR) is 93.1 cm³/mol. The van der Waals surface area contributed by atoms with Crippen molar-refractivity contribution in [3.63, 3.8) is 0 Å². The summed E-state index contributed by atoms with van der Waals surface area (Å²) < 4.78 is 5.18. The molecule has 2 aromatic rings. The Hall–Kier alpha value is -2.34. The Kier molecular flexibility index (Phi) is 5.15. The lowest BCUT2D eigenvalue weighted by Gasteiger charge is -2.31. The van der Waals surface area contributed by atoms with E-state index in [1.54, 1.807) is 13.3 Å². The van der Waals surface area contributed by atoms with Crippen LogP contribution in [0.25, 0.3) is 11.3 Å². The number of nitrogens with zero attached hydrogens (tertiary/aromatic N) is 2. The first kappa shape index (κ1) is 16.5. The first-order chi connectivity index (χ1) is 11.7. The van der Waals surface area contributed by atoms with Crippen LogP contribution in [0.1, 0.15) is 23.2 Å². The summed E-state index contributed by atoms with van der Waals surface area (Å²) in [4.78, 5) is 14.8. The SMILES string of the molecule is CNCC1CCN(C(=O)c2cn[nH]c2-c2ccc(OC)cc2)CC1. The molecule has 6 nitrogen and oxygen atoms in total. The molecular weight excluding hydrogens is 304 g/mol. The minimum atomic E-state index is 0.0532. The summed E-state index contributed by atoms with van der Waals surface area (Å²) in [6, 6.07) is 7.63. The number of hydrogen-bond donors (Lipinski definition) is 2. The van der Waals surface area contributed by atoms with Crippen molar-refractivity contribution in [2.75, 3.05) is 33.8 Å². The van der Waals surface area contributed by atoms with Crippen molar-refractivity contribution >= 4 is 5.91 Å². The maximum atomic E-state index is 12.9. The number of carbonyl (C=O) groups excluding carboxylic acids is 1. The number of hydrogen-bond acceptors (Lipinski definition) is 4. The van der Waals surface area contributed by atoms with E-state index in [-0.39, 0.29) is 5.91 Å². The molecule has 6 heteroatoms. The summed E-state index contributed by atoms with van der Waals surface area (Å²) in [5, 5.41) is 10.3. The molecule has 1 saturated heterocycles. The Morgan fingerprint density at radius 2 is 2.04 bits per heavy atom. The molecule has 24 heavy (non-hydrogen) atoms. The summed E-state index contributed by atoms with van der Waals surface area (Å²) in [6.07, 6.45) is 3.71.